The first-order valence-electron chi connectivity index (χ1n) is 29.4. The van der Waals surface area contributed by atoms with Gasteiger partial charge in [0.05, 0.1) is 60.7 Å². The van der Waals surface area contributed by atoms with Crippen LogP contribution in [0.4, 0.5) is 5.82 Å². The van der Waals surface area contributed by atoms with E-state index in [1.165, 1.54) is 11.9 Å². The van der Waals surface area contributed by atoms with Gasteiger partial charge < -0.3 is 81.8 Å². The molecule has 2 spiro atoms. The van der Waals surface area contributed by atoms with Crippen LogP contribution in [-0.2, 0) is 25.5 Å². The number of nitrogens with one attached hydrogen (secondary N) is 4. The summed E-state index contributed by atoms with van der Waals surface area (Å²) in [6.45, 7) is 8.47. The van der Waals surface area contributed by atoms with Crippen LogP contribution in [0.1, 0.15) is 141 Å². The van der Waals surface area contributed by atoms with E-state index in [0.717, 1.165) is 43.6 Å². The van der Waals surface area contributed by atoms with Crippen LogP contribution >= 0.6 is 0 Å². The van der Waals surface area contributed by atoms with Crippen molar-refractivity contribution >= 4 is 17.7 Å². The summed E-state index contributed by atoms with van der Waals surface area (Å²) in [4.78, 5) is 45.4. The largest absolute Gasteiger partial charge is 0.481 e. The van der Waals surface area contributed by atoms with Crippen molar-refractivity contribution in [2.24, 2.45) is 84.6 Å². The average Bonchev–Trinajstić information content (AvgIpc) is 1.12. The van der Waals surface area contributed by atoms with E-state index in [-0.39, 0.29) is 55.6 Å². The second-order valence-corrected chi connectivity index (χ2v) is 27.8. The molecular weight excluding hydrogens is 1000 g/mol. The summed E-state index contributed by atoms with van der Waals surface area (Å²) in [5, 5.41) is 112. The lowest BCUT2D eigenvalue weighted by Crippen LogP contribution is -2.79. The summed E-state index contributed by atoms with van der Waals surface area (Å²) in [7, 11) is 0. The van der Waals surface area contributed by atoms with Gasteiger partial charge in [-0.05, 0) is 134 Å². The first-order valence-corrected chi connectivity index (χ1v) is 29.4. The number of hydrogen-bond acceptors (Lipinski definition) is 16. The number of H-pyrrole nitrogens is 2. The first-order chi connectivity index (χ1) is 37.1. The minimum atomic E-state index is -1.68. The van der Waals surface area contributed by atoms with Crippen molar-refractivity contribution in [3.63, 3.8) is 0 Å². The summed E-state index contributed by atoms with van der Waals surface area (Å²) >= 11 is 0. The van der Waals surface area contributed by atoms with Gasteiger partial charge in [0, 0.05) is 54.3 Å². The number of anilines is 1. The van der Waals surface area contributed by atoms with Gasteiger partial charge in [-0.25, -0.2) is 9.97 Å². The van der Waals surface area contributed by atoms with Crippen molar-refractivity contribution in [2.45, 2.75) is 192 Å². The molecule has 10 aliphatic rings. The molecule has 432 valence electrons. The number of aliphatic carboxylic acids is 1. The number of imidazole rings is 2. The number of aliphatic hydroxyl groups is 8. The second kappa shape index (κ2) is 19.0. The second-order valence-electron chi connectivity index (χ2n) is 27.8. The van der Waals surface area contributed by atoms with Crippen LogP contribution in [0.3, 0.4) is 0 Å². The molecule has 1 amide bonds. The summed E-state index contributed by atoms with van der Waals surface area (Å²) in [5.74, 6) is -3.40. The molecule has 6 saturated carbocycles. The molecule has 20 nitrogen and oxygen atoms in total. The van der Waals surface area contributed by atoms with Gasteiger partial charge in [0.2, 0.25) is 5.91 Å². The number of fused-ring (bicyclic) bond motifs is 6. The van der Waals surface area contributed by atoms with E-state index in [2.05, 4.69) is 52.4 Å². The normalized spacial score (nSPS) is 48.3. The van der Waals surface area contributed by atoms with Gasteiger partial charge in [-0.15, -0.1) is 0 Å². The quantitative estimate of drug-likeness (QED) is 0.0825. The lowest BCUT2D eigenvalue weighted by atomic mass is 9.22. The molecule has 23 atom stereocenters. The molecule has 3 aliphatic heterocycles. The molecule has 2 aromatic rings. The van der Waals surface area contributed by atoms with Crippen molar-refractivity contribution in [3.8, 4) is 0 Å². The van der Waals surface area contributed by atoms with Crippen LogP contribution in [0, 0.1) is 78.8 Å². The fourth-order valence-corrected chi connectivity index (χ4v) is 21.7. The standard InChI is InChI=1S/C58H87N7O13/c1-51(25-66)16-17-57(50(75)76)33(21-51)29-8-15-56-12-7-13-58(29,30-19-35-47(64-28-63-35)61-22-34(30)57)53(56,3)14-9-39-52(2,26-67)46(78-48-45(73)44(72)38(69)24-77-48)43(71)32(54(39,56)4)18-31-42(65-49(74)55(31)10-5-6-11-55)41(36-23-60-27-62-36)37(68)20-40(59)70/h8,23,27-28,30-34,37-46,48,61,66-73H,5-7,9-22,24-26,59H2,1-4H3,(H,60,62)(H,63,64)(H,65,74)(H,75,76)/t30-,31-,32+,33-,34-,37+,38+,39+,40-,41-,42-,43+,44-,45+,46+,48-,51-,52-,53+,54-,56-,57+,58-/m0/s1. The highest BCUT2D eigenvalue weighted by atomic mass is 16.7. The van der Waals surface area contributed by atoms with Gasteiger partial charge in [0.1, 0.15) is 30.4 Å². The maximum atomic E-state index is 15.1. The van der Waals surface area contributed by atoms with Crippen LogP contribution < -0.4 is 16.4 Å². The lowest BCUT2D eigenvalue weighted by molar-refractivity contribution is -0.362. The molecule has 2 bridgehead atoms. The Morgan fingerprint density at radius 1 is 0.910 bits per heavy atom. The molecule has 8 fully saturated rings. The Balaban J connectivity index is 1.07. The Bertz CT molecular complexity index is 2630. The number of carbonyl (C=O) groups is 2. The van der Waals surface area contributed by atoms with Crippen LogP contribution in [0.15, 0.2) is 30.5 Å². The fraction of sp³-hybridized carbons (Fsp3) is 0.828. The Morgan fingerprint density at radius 2 is 1.68 bits per heavy atom. The van der Waals surface area contributed by atoms with Crippen molar-refractivity contribution < 1.29 is 65.0 Å². The molecule has 15 N–H and O–H groups in total. The Hall–Kier alpha value is -3.54. The Kier molecular flexibility index (Phi) is 13.4. The fourth-order valence-electron chi connectivity index (χ4n) is 21.7. The van der Waals surface area contributed by atoms with Crippen molar-refractivity contribution in [3.05, 3.63) is 41.9 Å². The number of carbonyl (C=O) groups excluding carboxylic acids is 1. The SMILES string of the molecule is C[C@]1(CO)CC[C@@]2(C(=O)O)[C@@H](C1)C1=CC[C@@]34CCC[C@]1([C@H]1Cc5[nH]cnc5NC[C@@H]12)[C@]3(C)CC[C@@H]1[C@](C)(CO)[C@H](O[C@@H]2OC[C@@H](O)[C@H](O)[C@H]2O)[C@H](O)[C@@H](C[C@H]2[C@@H]([C@@H](c3cnc[nH]3)[C@H](O)C[C@@H](N)O)NC(=O)C23CCCC3)[C@@]14C. The Labute approximate surface area is 456 Å². The minimum Gasteiger partial charge on any atom is -0.481 e. The number of carboxylic acid groups (broad SMARTS) is 1. The number of allylic oxidation sites excluding steroid dienone is 2. The van der Waals surface area contributed by atoms with Crippen LogP contribution in [0.25, 0.3) is 0 Å². The number of carboxylic acids is 1. The van der Waals surface area contributed by atoms with E-state index in [1.54, 1.807) is 12.5 Å². The maximum absolute atomic E-state index is 15.1. The van der Waals surface area contributed by atoms with E-state index in [4.69, 9.17) is 20.2 Å². The highest BCUT2D eigenvalue weighted by Gasteiger charge is 2.82. The number of nitrogens with zero attached hydrogens (tertiary/aromatic N) is 2. The molecule has 12 rings (SSSR count). The molecule has 7 aliphatic carbocycles. The molecule has 2 saturated heterocycles. The lowest BCUT2D eigenvalue weighted by Gasteiger charge is -2.82. The van der Waals surface area contributed by atoms with Crippen molar-refractivity contribution in [1.29, 1.82) is 0 Å². The molecule has 0 unspecified atom stereocenters. The van der Waals surface area contributed by atoms with E-state index in [1.807, 2.05) is 6.92 Å². The predicted octanol–water partition coefficient (Wildman–Crippen LogP) is 2.82. The number of rotatable bonds is 12. The van der Waals surface area contributed by atoms with Gasteiger partial charge >= 0.3 is 5.97 Å². The van der Waals surface area contributed by atoms with Gasteiger partial charge in [0.15, 0.2) is 6.29 Å². The molecule has 5 heterocycles. The summed E-state index contributed by atoms with van der Waals surface area (Å²) < 4.78 is 12.8. The van der Waals surface area contributed by atoms with E-state index >= 15 is 4.79 Å². The number of hydrogen-bond donors (Lipinski definition) is 14. The monoisotopic (exact) mass is 1090 g/mol. The van der Waals surface area contributed by atoms with Gasteiger partial charge in [-0.3, -0.25) is 9.59 Å². The number of aliphatic hydroxyl groups excluding tert-OH is 8. The first kappa shape index (κ1) is 55.0. The van der Waals surface area contributed by atoms with E-state index < -0.39 is 129 Å². The molecule has 20 heteroatoms. The number of ether oxygens (including phenoxy) is 2. The molecule has 0 radical (unpaired) electrons. The third-order valence-corrected chi connectivity index (χ3v) is 25.2. The van der Waals surface area contributed by atoms with Gasteiger partial charge in [-0.2, -0.15) is 0 Å². The third-order valence-electron chi connectivity index (χ3n) is 25.2. The summed E-state index contributed by atoms with van der Waals surface area (Å²) in [6.07, 6.45) is 5.16. The Morgan fingerprint density at radius 3 is 2.37 bits per heavy atom. The van der Waals surface area contributed by atoms with Crippen molar-refractivity contribution in [1.82, 2.24) is 25.3 Å². The zero-order valence-electron chi connectivity index (χ0n) is 45.8. The number of amides is 1. The van der Waals surface area contributed by atoms with E-state index in [9.17, 15) is 50.8 Å². The molecule has 78 heavy (non-hydrogen) atoms. The van der Waals surface area contributed by atoms with E-state index in [0.29, 0.717) is 70.0 Å². The number of nitrogens with two attached hydrogens (primary N) is 1. The predicted molar refractivity (Wildman–Crippen MR) is 281 cm³/mol. The van der Waals surface area contributed by atoms with Crippen LogP contribution in [0.2, 0.25) is 0 Å². The number of aromatic amines is 2. The van der Waals surface area contributed by atoms with Crippen LogP contribution in [-0.4, -0.2) is 159 Å². The topological polar surface area (TPSA) is 342 Å². The molecular formula is C58H87N7O13. The number of aromatic nitrogens is 4. The summed E-state index contributed by atoms with van der Waals surface area (Å²) in [6, 6.07) is -0.717. The molecule has 0 aromatic carbocycles. The zero-order chi connectivity index (χ0) is 55.3. The minimum absolute atomic E-state index is 0.0572. The molecule has 2 aromatic heterocycles. The smallest absolute Gasteiger partial charge is 0.310 e. The zero-order valence-corrected chi connectivity index (χ0v) is 45.8. The average molecular weight is 1090 g/mol. The highest BCUT2D eigenvalue weighted by molar-refractivity contribution is 5.86. The highest BCUT2D eigenvalue weighted by Crippen LogP contribution is 2.86. The maximum Gasteiger partial charge on any atom is 0.310 e. The van der Waals surface area contributed by atoms with Crippen molar-refractivity contribution in [2.75, 3.05) is 31.7 Å². The van der Waals surface area contributed by atoms with Gasteiger partial charge in [-0.1, -0.05) is 58.6 Å². The third kappa shape index (κ3) is 7.15. The van der Waals surface area contributed by atoms with Gasteiger partial charge in [0.25, 0.3) is 0 Å². The summed E-state index contributed by atoms with van der Waals surface area (Å²) in [5.41, 5.74) is 2.36. The van der Waals surface area contributed by atoms with Crippen LogP contribution in [0.5, 0.6) is 0 Å².